The van der Waals surface area contributed by atoms with Gasteiger partial charge in [0.25, 0.3) is 0 Å². The Morgan fingerprint density at radius 3 is 1.56 bits per heavy atom. The van der Waals surface area contributed by atoms with E-state index in [1.54, 1.807) is 0 Å². The molecular weight excluding hydrogens is 715 g/mol. The molecule has 3 N–H and O–H groups in total. The normalized spacial score (nSPS) is 14.9. The first-order valence-electron chi connectivity index (χ1n) is 21.1. The van der Waals surface area contributed by atoms with Crippen LogP contribution in [0.2, 0.25) is 0 Å². The molecule has 0 amide bonds. The molecule has 0 saturated carbocycles. The highest BCUT2D eigenvalue weighted by molar-refractivity contribution is 7.47. The lowest BCUT2D eigenvalue weighted by Crippen LogP contribution is -2.29. The van der Waals surface area contributed by atoms with Crippen molar-refractivity contribution in [1.29, 1.82) is 0 Å². The summed E-state index contributed by atoms with van der Waals surface area (Å²) in [6.07, 6.45) is 49.7. The van der Waals surface area contributed by atoms with Crippen LogP contribution in [0.5, 0.6) is 0 Å². The Bertz CT molecular complexity index is 1130. The summed E-state index contributed by atoms with van der Waals surface area (Å²) in [6.45, 7) is 3.25. The number of allylic oxidation sites excluding steroid dienone is 14. The Kier molecular flexibility index (Phi) is 39.5. The minimum absolute atomic E-state index is 0.0209. The maximum Gasteiger partial charge on any atom is 0.472 e. The molecule has 0 aliphatic carbocycles. The highest BCUT2D eigenvalue weighted by Gasteiger charge is 2.26. The Hall–Kier alpha value is -2.36. The van der Waals surface area contributed by atoms with Gasteiger partial charge in [0, 0.05) is 13.0 Å². The molecule has 0 aliphatic rings. The Morgan fingerprint density at radius 1 is 0.582 bits per heavy atom. The lowest BCUT2D eigenvalue weighted by Gasteiger charge is -2.20. The second-order valence-corrected chi connectivity index (χ2v) is 15.1. The SMILES string of the molecule is CC/C=C\C/C=C\C/C=C\C/C=C\C/C=C\CCCCCCOCC(COP(=O)(O)OCC(O)CO)OC(=O)CCCCCCC/C=C\C/C=C\CCCC. The molecule has 9 nitrogen and oxygen atoms in total. The molecule has 0 heterocycles. The third-order valence-corrected chi connectivity index (χ3v) is 9.27. The molecule has 0 rings (SSSR count). The van der Waals surface area contributed by atoms with Crippen molar-refractivity contribution in [2.75, 3.05) is 33.0 Å². The first-order chi connectivity index (χ1) is 26.8. The fourth-order valence-corrected chi connectivity index (χ4v) is 5.89. The largest absolute Gasteiger partial charge is 0.472 e. The van der Waals surface area contributed by atoms with Crippen LogP contribution in [-0.2, 0) is 27.9 Å². The number of phosphoric acid groups is 1. The zero-order valence-electron chi connectivity index (χ0n) is 34.4. The zero-order valence-corrected chi connectivity index (χ0v) is 35.3. The fourth-order valence-electron chi connectivity index (χ4n) is 5.10. The molecule has 316 valence electrons. The molecule has 0 bridgehead atoms. The van der Waals surface area contributed by atoms with Crippen molar-refractivity contribution in [3.05, 3.63) is 85.1 Å². The van der Waals surface area contributed by atoms with Crippen LogP contribution < -0.4 is 0 Å². The molecule has 0 aromatic heterocycles. The minimum atomic E-state index is -4.53. The van der Waals surface area contributed by atoms with Gasteiger partial charge < -0.3 is 24.6 Å². The van der Waals surface area contributed by atoms with E-state index in [0.29, 0.717) is 13.0 Å². The van der Waals surface area contributed by atoms with Gasteiger partial charge in [-0.25, -0.2) is 4.57 Å². The van der Waals surface area contributed by atoms with Gasteiger partial charge in [-0.2, -0.15) is 0 Å². The number of hydrogen-bond donors (Lipinski definition) is 3. The summed E-state index contributed by atoms with van der Waals surface area (Å²) in [7, 11) is -4.53. The van der Waals surface area contributed by atoms with Crippen LogP contribution in [0.1, 0.15) is 149 Å². The van der Waals surface area contributed by atoms with Crippen LogP contribution in [0.3, 0.4) is 0 Å². The second kappa shape index (κ2) is 41.3. The van der Waals surface area contributed by atoms with Crippen molar-refractivity contribution in [1.82, 2.24) is 0 Å². The number of carbonyl (C=O) groups is 1. The summed E-state index contributed by atoms with van der Waals surface area (Å²) in [5, 5.41) is 18.3. The quantitative estimate of drug-likeness (QED) is 0.0241. The molecule has 0 radical (unpaired) electrons. The van der Waals surface area contributed by atoms with Gasteiger partial charge in [0.2, 0.25) is 0 Å². The summed E-state index contributed by atoms with van der Waals surface area (Å²) in [5.74, 6) is -0.411. The van der Waals surface area contributed by atoms with Crippen molar-refractivity contribution < 1.29 is 43.0 Å². The maximum atomic E-state index is 12.6. The average molecular weight is 793 g/mol. The smallest absolute Gasteiger partial charge is 0.457 e. The van der Waals surface area contributed by atoms with Crippen molar-refractivity contribution in [3.8, 4) is 0 Å². The molecule has 3 atom stereocenters. The van der Waals surface area contributed by atoms with Gasteiger partial charge in [0.1, 0.15) is 12.2 Å². The lowest BCUT2D eigenvalue weighted by atomic mass is 10.1. The molecule has 0 saturated heterocycles. The second-order valence-electron chi connectivity index (χ2n) is 13.6. The number of esters is 1. The Balaban J connectivity index is 4.28. The number of aliphatic hydroxyl groups excluding tert-OH is 2. The molecule has 0 aromatic carbocycles. The van der Waals surface area contributed by atoms with Crippen LogP contribution in [0.25, 0.3) is 0 Å². The summed E-state index contributed by atoms with van der Waals surface area (Å²) >= 11 is 0. The predicted octanol–water partition coefficient (Wildman–Crippen LogP) is 11.5. The van der Waals surface area contributed by atoms with E-state index < -0.39 is 45.8 Å². The van der Waals surface area contributed by atoms with Gasteiger partial charge in [-0.05, 0) is 83.5 Å². The van der Waals surface area contributed by atoms with Crippen molar-refractivity contribution >= 4 is 13.8 Å². The zero-order chi connectivity index (χ0) is 40.3. The van der Waals surface area contributed by atoms with Crippen molar-refractivity contribution in [3.63, 3.8) is 0 Å². The number of hydrogen-bond acceptors (Lipinski definition) is 8. The number of rotatable bonds is 39. The van der Waals surface area contributed by atoms with Gasteiger partial charge in [-0.1, -0.05) is 144 Å². The van der Waals surface area contributed by atoms with E-state index in [1.165, 1.54) is 12.8 Å². The number of ether oxygens (including phenoxy) is 2. The van der Waals surface area contributed by atoms with Gasteiger partial charge >= 0.3 is 13.8 Å². The fraction of sp³-hybridized carbons (Fsp3) is 0.667. The molecule has 0 fully saturated rings. The Labute approximate surface area is 335 Å². The first-order valence-corrected chi connectivity index (χ1v) is 22.6. The summed E-state index contributed by atoms with van der Waals surface area (Å²) < 4.78 is 33.3. The van der Waals surface area contributed by atoms with Crippen LogP contribution in [0.15, 0.2) is 85.1 Å². The minimum Gasteiger partial charge on any atom is -0.457 e. The topological polar surface area (TPSA) is 132 Å². The Morgan fingerprint density at radius 2 is 1.04 bits per heavy atom. The third-order valence-electron chi connectivity index (χ3n) is 8.31. The first kappa shape index (κ1) is 52.6. The molecular formula is C45H77O9P. The van der Waals surface area contributed by atoms with E-state index in [4.69, 9.17) is 23.6 Å². The number of unbranched alkanes of at least 4 members (excludes halogenated alkanes) is 11. The summed E-state index contributed by atoms with van der Waals surface area (Å²) in [4.78, 5) is 22.5. The van der Waals surface area contributed by atoms with E-state index in [1.807, 2.05) is 0 Å². The molecule has 55 heavy (non-hydrogen) atoms. The highest BCUT2D eigenvalue weighted by atomic mass is 31.2. The standard InChI is InChI=1S/C45H77O9P/c1-3-5-7-9-11-13-15-17-19-20-21-22-23-24-26-28-30-32-34-36-38-51-41-44(42-53-55(49,50)52-40-43(47)39-46)54-45(48)37-35-33-31-29-27-25-18-16-14-12-10-8-6-4-2/h5,7,10-13,16-19,21-22,24,26,43-44,46-47H,3-4,6,8-9,14-15,20,23,25,27-42H2,1-2H3,(H,49,50)/b7-5-,12-10-,13-11-,18-16-,19-17-,22-21-,26-24-. The van der Waals surface area contributed by atoms with E-state index in [9.17, 15) is 19.4 Å². The lowest BCUT2D eigenvalue weighted by molar-refractivity contribution is -0.154. The van der Waals surface area contributed by atoms with E-state index in [-0.39, 0.29) is 13.0 Å². The highest BCUT2D eigenvalue weighted by Crippen LogP contribution is 2.43. The van der Waals surface area contributed by atoms with Crippen molar-refractivity contribution in [2.24, 2.45) is 0 Å². The van der Waals surface area contributed by atoms with E-state index in [2.05, 4.69) is 98.9 Å². The van der Waals surface area contributed by atoms with Crippen molar-refractivity contribution in [2.45, 2.75) is 161 Å². The van der Waals surface area contributed by atoms with Gasteiger partial charge in [0.05, 0.1) is 26.4 Å². The molecule has 10 heteroatoms. The van der Waals surface area contributed by atoms with Crippen LogP contribution >= 0.6 is 7.82 Å². The average Bonchev–Trinajstić information content (AvgIpc) is 3.18. The predicted molar refractivity (Wildman–Crippen MR) is 228 cm³/mol. The van der Waals surface area contributed by atoms with Crippen LogP contribution in [0.4, 0.5) is 0 Å². The monoisotopic (exact) mass is 793 g/mol. The van der Waals surface area contributed by atoms with E-state index in [0.717, 1.165) is 109 Å². The van der Waals surface area contributed by atoms with E-state index >= 15 is 0 Å². The van der Waals surface area contributed by atoms with Gasteiger partial charge in [-0.15, -0.1) is 0 Å². The van der Waals surface area contributed by atoms with Crippen LogP contribution in [0, 0.1) is 0 Å². The van der Waals surface area contributed by atoms with Gasteiger partial charge in [0.15, 0.2) is 0 Å². The summed E-state index contributed by atoms with van der Waals surface area (Å²) in [6, 6.07) is 0. The number of aliphatic hydroxyl groups is 2. The maximum absolute atomic E-state index is 12.6. The number of carbonyl (C=O) groups excluding carboxylic acids is 1. The van der Waals surface area contributed by atoms with Gasteiger partial charge in [-0.3, -0.25) is 13.8 Å². The molecule has 0 spiro atoms. The molecule has 3 unspecified atom stereocenters. The molecule has 0 aliphatic heterocycles. The number of phosphoric ester groups is 1. The molecule has 0 aromatic rings. The third kappa shape index (κ3) is 41.1. The summed E-state index contributed by atoms with van der Waals surface area (Å²) in [5.41, 5.74) is 0. The van der Waals surface area contributed by atoms with Crippen LogP contribution in [-0.4, -0.2) is 66.3 Å².